The number of rotatable bonds is 20. The number of aliphatic imine (C=N–C) groups is 4. The van der Waals surface area contributed by atoms with Crippen molar-refractivity contribution in [2.24, 2.45) is 20.0 Å². The summed E-state index contributed by atoms with van der Waals surface area (Å²) in [5, 5.41) is 84.6. The second-order valence-electron chi connectivity index (χ2n) is 17.5. The minimum Gasteiger partial charge on any atom is -0.871 e. The van der Waals surface area contributed by atoms with Gasteiger partial charge in [0.1, 0.15) is 0 Å². The first-order valence-electron chi connectivity index (χ1n) is 25.5. The van der Waals surface area contributed by atoms with Crippen LogP contribution in [0.1, 0.15) is 90.1 Å². The van der Waals surface area contributed by atoms with Crippen molar-refractivity contribution in [2.75, 3.05) is 26.2 Å². The van der Waals surface area contributed by atoms with Crippen molar-refractivity contribution in [3.63, 3.8) is 0 Å². The molecular formula is C60H64Cu2N12O8. The molecule has 20 nitrogen and oxygen atoms in total. The van der Waals surface area contributed by atoms with E-state index in [1.165, 1.54) is 49.6 Å². The fourth-order valence-corrected chi connectivity index (χ4v) is 7.17. The summed E-state index contributed by atoms with van der Waals surface area (Å²) in [7, 11) is 0. The van der Waals surface area contributed by atoms with E-state index in [-0.39, 0.29) is 83.6 Å². The second kappa shape index (κ2) is 37.8. The van der Waals surface area contributed by atoms with E-state index >= 15 is 0 Å². The molecule has 0 atom stereocenters. The Kier molecular flexibility index (Phi) is 31.5. The van der Waals surface area contributed by atoms with Gasteiger partial charge in [0, 0.05) is 194 Å². The van der Waals surface area contributed by atoms with Gasteiger partial charge in [-0.05, 0) is 98.5 Å². The molecule has 8 aromatic heterocycles. The van der Waals surface area contributed by atoms with Crippen molar-refractivity contribution >= 4 is 24.9 Å². The van der Waals surface area contributed by atoms with Crippen LogP contribution in [0.2, 0.25) is 0 Å². The first kappa shape index (κ1) is 68.2. The van der Waals surface area contributed by atoms with Gasteiger partial charge in [-0.15, -0.1) is 0 Å². The van der Waals surface area contributed by atoms with Crippen molar-refractivity contribution in [1.29, 1.82) is 0 Å². The number of pyridine rings is 8. The third kappa shape index (κ3) is 22.1. The van der Waals surface area contributed by atoms with Crippen LogP contribution in [0.3, 0.4) is 0 Å². The minimum atomic E-state index is -0.218. The zero-order valence-electron chi connectivity index (χ0n) is 45.7. The number of nitrogens with zero attached hydrogens (tertiary/aromatic N) is 12. The zero-order chi connectivity index (χ0) is 57.5. The molecule has 0 bridgehead atoms. The maximum atomic E-state index is 11.9. The molecule has 0 aliphatic rings. The molecule has 82 heavy (non-hydrogen) atoms. The van der Waals surface area contributed by atoms with Gasteiger partial charge in [-0.3, -0.25) is 59.8 Å². The summed E-state index contributed by atoms with van der Waals surface area (Å²) in [4.78, 5) is 49.6. The van der Waals surface area contributed by atoms with Gasteiger partial charge in [-0.25, -0.2) is 0 Å². The predicted molar refractivity (Wildman–Crippen MR) is 299 cm³/mol. The second-order valence-corrected chi connectivity index (χ2v) is 17.5. The molecule has 4 N–H and O–H groups in total. The molecule has 22 heteroatoms. The van der Waals surface area contributed by atoms with Gasteiger partial charge in [-0.1, -0.05) is 47.3 Å². The third-order valence-electron chi connectivity index (χ3n) is 11.8. The van der Waals surface area contributed by atoms with Crippen LogP contribution in [0.25, 0.3) is 0 Å². The number of aromatic nitrogens is 8. The zero-order valence-corrected chi connectivity index (χ0v) is 47.6. The van der Waals surface area contributed by atoms with Crippen LogP contribution in [0.5, 0.6) is 23.0 Å². The monoisotopic (exact) mass is 1210 g/mol. The smallest absolute Gasteiger partial charge is 0.871 e. The number of hydrogen-bond donors (Lipinski definition) is 4. The summed E-state index contributed by atoms with van der Waals surface area (Å²) in [6.07, 6.45) is 21.9. The summed E-state index contributed by atoms with van der Waals surface area (Å²) < 4.78 is 0. The molecule has 0 unspecified atom stereocenters. The normalized spacial score (nSPS) is 10.8. The van der Waals surface area contributed by atoms with E-state index in [4.69, 9.17) is 0 Å². The van der Waals surface area contributed by atoms with Crippen LogP contribution in [0.15, 0.2) is 142 Å². The van der Waals surface area contributed by atoms with E-state index in [1.807, 2.05) is 72.8 Å². The fourth-order valence-electron chi connectivity index (χ4n) is 7.17. The fraction of sp³-hybridized carbons (Fsp3) is 0.267. The van der Waals surface area contributed by atoms with Crippen molar-refractivity contribution in [2.45, 2.75) is 79.8 Å². The van der Waals surface area contributed by atoms with Gasteiger partial charge >= 0.3 is 34.1 Å². The molecular weight excluding hydrogens is 1140 g/mol. The molecule has 0 spiro atoms. The Morgan fingerprint density at radius 1 is 0.341 bits per heavy atom. The molecule has 0 aliphatic heterocycles. The molecule has 0 saturated heterocycles. The Balaban J connectivity index is 0.000000285. The molecule has 8 heterocycles. The first-order chi connectivity index (χ1) is 38.9. The van der Waals surface area contributed by atoms with Crippen molar-refractivity contribution < 1.29 is 75.0 Å². The third-order valence-corrected chi connectivity index (χ3v) is 11.8. The van der Waals surface area contributed by atoms with Crippen LogP contribution < -0.4 is 20.4 Å². The Labute approximate surface area is 498 Å². The largest absolute Gasteiger partial charge is 2.00 e. The van der Waals surface area contributed by atoms with Crippen molar-refractivity contribution in [3.8, 4) is 23.0 Å². The molecule has 0 aromatic carbocycles. The van der Waals surface area contributed by atoms with Crippen molar-refractivity contribution in [3.05, 3.63) is 212 Å². The van der Waals surface area contributed by atoms with Crippen LogP contribution in [-0.4, -0.2) is 111 Å². The topological polar surface area (TPSA) is 326 Å². The van der Waals surface area contributed by atoms with Gasteiger partial charge in [0.15, 0.2) is 0 Å². The van der Waals surface area contributed by atoms with Gasteiger partial charge in [0.05, 0.1) is 26.4 Å². The van der Waals surface area contributed by atoms with Crippen LogP contribution in [0.4, 0.5) is 0 Å². The molecule has 0 aliphatic carbocycles. The van der Waals surface area contributed by atoms with E-state index in [9.17, 15) is 40.9 Å². The predicted octanol–water partition coefficient (Wildman–Crippen LogP) is 4.05. The number of aliphatic hydroxyl groups excluding tert-OH is 4. The average Bonchev–Trinajstić information content (AvgIpc) is 3.51. The Hall–Kier alpha value is -8.04. The standard InChI is InChI=1S/4C15H17N3O2.2Cu/c4*1-11-15(20)14(12(10-19)8-18-11)9-16-7-5-13-4-2-3-6-17-13;;/h4*2-4,6,8-9,19-20H,5,7,10H2,1H3;;/q;;;;2*+2/p-4. The molecule has 8 aromatic rings. The summed E-state index contributed by atoms with van der Waals surface area (Å²) in [5.74, 6) is -0.729. The number of aliphatic hydroxyl groups is 4. The van der Waals surface area contributed by atoms with E-state index in [0.717, 1.165) is 22.8 Å². The Morgan fingerprint density at radius 2 is 0.549 bits per heavy atom. The van der Waals surface area contributed by atoms with Gasteiger partial charge in [-0.2, -0.15) is 0 Å². The summed E-state index contributed by atoms with van der Waals surface area (Å²) in [5.41, 5.74) is 9.16. The maximum Gasteiger partial charge on any atom is 2.00 e. The van der Waals surface area contributed by atoms with Gasteiger partial charge in [0.2, 0.25) is 0 Å². The van der Waals surface area contributed by atoms with Gasteiger partial charge < -0.3 is 40.9 Å². The van der Waals surface area contributed by atoms with Crippen LogP contribution in [-0.2, 0) is 86.2 Å². The van der Waals surface area contributed by atoms with Crippen molar-refractivity contribution in [1.82, 2.24) is 39.9 Å². The van der Waals surface area contributed by atoms with Crippen LogP contribution in [0, 0.1) is 27.7 Å². The SMILES string of the molecule is Cc1ncc(CO)c(C=NCCc2ccccn2)c1[O-].Cc1ncc(CO)c(C=NCCc2ccccn2)c1[O-].Cc1ncc(CO)c(C=NCCc2ccccn2)c1[O-].Cc1ncc(CO)c(C=NCCc2ccccn2)c1[O-].[Cu+2].[Cu+2]. The summed E-state index contributed by atoms with van der Waals surface area (Å²) in [6.45, 7) is 7.89. The maximum absolute atomic E-state index is 11.9. The summed E-state index contributed by atoms with van der Waals surface area (Å²) >= 11 is 0. The van der Waals surface area contributed by atoms with E-state index in [1.54, 1.807) is 52.5 Å². The number of hydrogen-bond acceptors (Lipinski definition) is 20. The number of aryl methyl sites for hydroxylation is 4. The Morgan fingerprint density at radius 3 is 0.720 bits per heavy atom. The molecule has 8 rings (SSSR count). The molecule has 434 valence electrons. The first-order valence-corrected chi connectivity index (χ1v) is 25.5. The quantitative estimate of drug-likeness (QED) is 0.0618. The molecule has 2 radical (unpaired) electrons. The van der Waals surface area contributed by atoms with Gasteiger partial charge in [0.25, 0.3) is 0 Å². The van der Waals surface area contributed by atoms with E-state index < -0.39 is 0 Å². The molecule has 0 fully saturated rings. The minimum absolute atomic E-state index is 0. The van der Waals surface area contributed by atoms with E-state index in [2.05, 4.69) is 59.8 Å². The Bertz CT molecular complexity index is 2840. The van der Waals surface area contributed by atoms with E-state index in [0.29, 0.717) is 119 Å². The molecule has 0 saturated carbocycles. The van der Waals surface area contributed by atoms with Crippen LogP contribution >= 0.6 is 0 Å². The molecule has 0 amide bonds. The summed E-state index contributed by atoms with van der Waals surface area (Å²) in [6, 6.07) is 22.9. The average molecular weight is 1210 g/mol.